The largest absolute Gasteiger partial charge is 0.496 e. The van der Waals surface area contributed by atoms with Crippen molar-refractivity contribution >= 4 is 55.1 Å². The fourth-order valence-corrected chi connectivity index (χ4v) is 7.29. The number of sulfonamides is 1. The van der Waals surface area contributed by atoms with E-state index in [0.29, 0.717) is 33.0 Å². The minimum atomic E-state index is -4.28. The molecule has 0 aromatic heterocycles. The van der Waals surface area contributed by atoms with Crippen molar-refractivity contribution in [3.8, 4) is 5.75 Å². The fourth-order valence-electron chi connectivity index (χ4n) is 4.96. The van der Waals surface area contributed by atoms with Crippen LogP contribution in [0.25, 0.3) is 0 Å². The van der Waals surface area contributed by atoms with Crippen molar-refractivity contribution in [3.05, 3.63) is 123 Å². The molecule has 1 atom stereocenters. The molecule has 0 aliphatic rings. The van der Waals surface area contributed by atoms with E-state index in [9.17, 15) is 18.0 Å². The van der Waals surface area contributed by atoms with Gasteiger partial charge in [-0.3, -0.25) is 13.9 Å². The Morgan fingerprint density at radius 2 is 1.60 bits per heavy atom. The quantitative estimate of drug-likeness (QED) is 0.150. The summed E-state index contributed by atoms with van der Waals surface area (Å²) in [7, 11) is -2.79. The van der Waals surface area contributed by atoms with E-state index in [-0.39, 0.29) is 29.7 Å². The zero-order chi connectivity index (χ0) is 34.1. The van der Waals surface area contributed by atoms with Gasteiger partial charge in [-0.2, -0.15) is 0 Å². The first-order chi connectivity index (χ1) is 22.4. The maximum atomic E-state index is 14.6. The highest BCUT2D eigenvalue weighted by Gasteiger charge is 2.35. The van der Waals surface area contributed by atoms with Gasteiger partial charge in [0.1, 0.15) is 18.3 Å². The number of methoxy groups -OCH3 is 1. The van der Waals surface area contributed by atoms with Gasteiger partial charge in [0, 0.05) is 24.5 Å². The van der Waals surface area contributed by atoms with Crippen molar-refractivity contribution in [1.29, 1.82) is 0 Å². The Morgan fingerprint density at radius 1 is 0.936 bits per heavy atom. The fraction of sp³-hybridized carbons (Fsp3) is 0.278. The van der Waals surface area contributed by atoms with Crippen LogP contribution in [0.5, 0.6) is 5.75 Å². The molecule has 0 aliphatic carbocycles. The molecule has 4 aromatic carbocycles. The van der Waals surface area contributed by atoms with Crippen molar-refractivity contribution in [2.45, 2.75) is 44.7 Å². The third-order valence-electron chi connectivity index (χ3n) is 7.57. The summed E-state index contributed by atoms with van der Waals surface area (Å²) in [4.78, 5) is 29.9. The van der Waals surface area contributed by atoms with Gasteiger partial charge in [-0.25, -0.2) is 8.42 Å². The second-order valence-electron chi connectivity index (χ2n) is 11.6. The van der Waals surface area contributed by atoms with E-state index >= 15 is 0 Å². The topological polar surface area (TPSA) is 96.0 Å². The number of ether oxygens (including phenoxy) is 1. The molecule has 4 aromatic rings. The van der Waals surface area contributed by atoms with E-state index in [2.05, 4.69) is 21.2 Å². The van der Waals surface area contributed by atoms with E-state index in [1.807, 2.05) is 51.1 Å². The molecule has 0 radical (unpaired) electrons. The molecule has 0 spiro atoms. The van der Waals surface area contributed by atoms with E-state index < -0.39 is 28.5 Å². The smallest absolute Gasteiger partial charge is 0.264 e. The summed E-state index contributed by atoms with van der Waals surface area (Å²) in [5.41, 5.74) is 2.70. The molecule has 47 heavy (non-hydrogen) atoms. The molecule has 0 saturated carbocycles. The number of amides is 2. The van der Waals surface area contributed by atoms with Crippen LogP contribution in [0.15, 0.2) is 106 Å². The number of hydrogen-bond acceptors (Lipinski definition) is 5. The number of halogens is 2. The second-order valence-corrected chi connectivity index (χ2v) is 14.7. The average molecular weight is 741 g/mol. The molecule has 1 N–H and O–H groups in total. The van der Waals surface area contributed by atoms with E-state index in [4.69, 9.17) is 16.3 Å². The summed E-state index contributed by atoms with van der Waals surface area (Å²) in [5.74, 6) is -0.270. The molecule has 0 heterocycles. The number of carbonyl (C=O) groups is 2. The lowest BCUT2D eigenvalue weighted by Gasteiger charge is -2.34. The Hall–Kier alpha value is -3.86. The number of nitrogens with zero attached hydrogens (tertiary/aromatic N) is 2. The lowest BCUT2D eigenvalue weighted by Crippen LogP contribution is -2.53. The Kier molecular flexibility index (Phi) is 12.5. The summed E-state index contributed by atoms with van der Waals surface area (Å²) in [6, 6.07) is 26.9. The van der Waals surface area contributed by atoms with Gasteiger partial charge in [-0.05, 0) is 76.3 Å². The number of carbonyl (C=O) groups excluding carboxylic acids is 2. The Balaban J connectivity index is 1.82. The minimum Gasteiger partial charge on any atom is -0.496 e. The summed E-state index contributed by atoms with van der Waals surface area (Å²) >= 11 is 9.95. The molecule has 1 unspecified atom stereocenters. The van der Waals surface area contributed by atoms with Gasteiger partial charge in [-0.1, -0.05) is 91.7 Å². The Labute approximate surface area is 290 Å². The maximum Gasteiger partial charge on any atom is 0.264 e. The predicted molar refractivity (Wildman–Crippen MR) is 190 cm³/mol. The van der Waals surface area contributed by atoms with Crippen molar-refractivity contribution in [2.24, 2.45) is 5.92 Å². The van der Waals surface area contributed by atoms with Crippen LogP contribution in [0.4, 0.5) is 5.69 Å². The van der Waals surface area contributed by atoms with Gasteiger partial charge in [0.2, 0.25) is 11.8 Å². The zero-order valence-electron chi connectivity index (χ0n) is 26.8. The van der Waals surface area contributed by atoms with Crippen LogP contribution in [0, 0.1) is 12.8 Å². The van der Waals surface area contributed by atoms with Crippen molar-refractivity contribution in [3.63, 3.8) is 0 Å². The van der Waals surface area contributed by atoms with Crippen LogP contribution in [-0.4, -0.2) is 51.4 Å². The van der Waals surface area contributed by atoms with Gasteiger partial charge < -0.3 is 15.0 Å². The summed E-state index contributed by atoms with van der Waals surface area (Å²) in [6.07, 6.45) is 0.212. The molecular weight excluding hydrogens is 702 g/mol. The first-order valence-electron chi connectivity index (χ1n) is 15.2. The number of nitrogens with one attached hydrogen (secondary N) is 1. The van der Waals surface area contributed by atoms with Crippen molar-refractivity contribution < 1.29 is 22.7 Å². The van der Waals surface area contributed by atoms with Crippen LogP contribution in [-0.2, 0) is 32.6 Å². The highest BCUT2D eigenvalue weighted by molar-refractivity contribution is 9.10. The number of benzene rings is 4. The van der Waals surface area contributed by atoms with Gasteiger partial charge in [-0.15, -0.1) is 0 Å². The minimum absolute atomic E-state index is 0.0129. The second kappa shape index (κ2) is 16.3. The lowest BCUT2D eigenvalue weighted by atomic mass is 10.0. The SMILES string of the molecule is COc1ccc(S(=O)(=O)N(CC(=O)N(Cc2ccccc2Cl)C(Cc2ccccc2)C(=O)NCC(C)C)c2ccc(C)cc2)cc1Br. The third kappa shape index (κ3) is 9.37. The number of rotatable bonds is 14. The maximum absolute atomic E-state index is 14.6. The normalized spacial score (nSPS) is 12.0. The van der Waals surface area contributed by atoms with Crippen LogP contribution >= 0.6 is 27.5 Å². The summed E-state index contributed by atoms with van der Waals surface area (Å²) < 4.78 is 35.4. The molecule has 0 aliphatic heterocycles. The van der Waals surface area contributed by atoms with E-state index in [1.54, 1.807) is 54.6 Å². The lowest BCUT2D eigenvalue weighted by molar-refractivity contribution is -0.140. The van der Waals surface area contributed by atoms with Crippen LogP contribution in [0.1, 0.15) is 30.5 Å². The number of aryl methyl sites for hydroxylation is 1. The van der Waals surface area contributed by atoms with Crippen LogP contribution in [0.3, 0.4) is 0 Å². The molecule has 11 heteroatoms. The van der Waals surface area contributed by atoms with Crippen molar-refractivity contribution in [2.75, 3.05) is 24.5 Å². The molecule has 0 bridgehead atoms. The van der Waals surface area contributed by atoms with E-state index in [0.717, 1.165) is 15.4 Å². The monoisotopic (exact) mass is 739 g/mol. The molecule has 8 nitrogen and oxygen atoms in total. The molecule has 0 fully saturated rings. The number of hydrogen-bond donors (Lipinski definition) is 1. The van der Waals surface area contributed by atoms with Crippen molar-refractivity contribution in [1.82, 2.24) is 10.2 Å². The summed E-state index contributed by atoms with van der Waals surface area (Å²) in [6.45, 7) is 5.70. The van der Waals surface area contributed by atoms with Crippen LogP contribution < -0.4 is 14.4 Å². The highest BCUT2D eigenvalue weighted by Crippen LogP contribution is 2.31. The summed E-state index contributed by atoms with van der Waals surface area (Å²) in [5, 5.41) is 3.42. The first kappa shape index (κ1) is 36.0. The Morgan fingerprint density at radius 3 is 2.21 bits per heavy atom. The molecule has 248 valence electrons. The van der Waals surface area contributed by atoms with E-state index in [1.165, 1.54) is 24.1 Å². The van der Waals surface area contributed by atoms with Crippen LogP contribution in [0.2, 0.25) is 5.02 Å². The third-order valence-corrected chi connectivity index (χ3v) is 10.3. The molecule has 2 amide bonds. The molecule has 0 saturated heterocycles. The highest BCUT2D eigenvalue weighted by atomic mass is 79.9. The van der Waals surface area contributed by atoms with Gasteiger partial charge in [0.15, 0.2) is 0 Å². The van der Waals surface area contributed by atoms with Gasteiger partial charge in [0.25, 0.3) is 10.0 Å². The zero-order valence-corrected chi connectivity index (χ0v) is 30.0. The average Bonchev–Trinajstić information content (AvgIpc) is 3.05. The van der Waals surface area contributed by atoms with Gasteiger partial charge >= 0.3 is 0 Å². The number of anilines is 1. The Bertz CT molecular complexity index is 1790. The van der Waals surface area contributed by atoms with Gasteiger partial charge in [0.05, 0.1) is 22.2 Å². The predicted octanol–water partition coefficient (Wildman–Crippen LogP) is 7.03. The standard InChI is InChI=1S/C36H39BrClN3O5S/c1-25(2)22-39-36(43)33(20-27-10-6-5-7-11-27)40(23-28-12-8-9-13-32(28)38)35(42)24-41(29-16-14-26(3)15-17-29)47(44,45)30-18-19-34(46-4)31(37)21-30/h5-19,21,25,33H,20,22-24H2,1-4H3,(H,39,43). The first-order valence-corrected chi connectivity index (χ1v) is 17.8. The molecule has 4 rings (SSSR count). The molecular formula is C36H39BrClN3O5S.